The number of aryl methyl sites for hydroxylation is 1. The largest absolute Gasteiger partial charge is 0.370 e. The molecule has 0 saturated carbocycles. The summed E-state index contributed by atoms with van der Waals surface area (Å²) in [6.45, 7) is 3.39. The van der Waals surface area contributed by atoms with Gasteiger partial charge in [0.05, 0.1) is 13.2 Å². The van der Waals surface area contributed by atoms with Crippen LogP contribution in [-0.2, 0) is 4.74 Å². The Labute approximate surface area is 144 Å². The lowest BCUT2D eigenvalue weighted by Crippen LogP contribution is -2.42. The van der Waals surface area contributed by atoms with E-state index in [-0.39, 0.29) is 17.8 Å². The Bertz CT molecular complexity index is 920. The van der Waals surface area contributed by atoms with E-state index in [1.807, 2.05) is 29.7 Å². The quantitative estimate of drug-likeness (QED) is 0.721. The minimum Gasteiger partial charge on any atom is -0.370 e. The van der Waals surface area contributed by atoms with Gasteiger partial charge in [-0.05, 0) is 36.2 Å². The van der Waals surface area contributed by atoms with Crippen molar-refractivity contribution < 1.29 is 13.9 Å². The zero-order chi connectivity index (χ0) is 17.4. The molecule has 128 valence electrons. The van der Waals surface area contributed by atoms with Gasteiger partial charge in [0.25, 0.3) is 5.91 Å². The van der Waals surface area contributed by atoms with Crippen molar-refractivity contribution in [1.82, 2.24) is 14.3 Å². The molecule has 1 atom stereocenters. The Balaban J connectivity index is 1.55. The topological polar surface area (TPSA) is 46.8 Å². The second kappa shape index (κ2) is 6.29. The Morgan fingerprint density at radius 2 is 2.00 bits per heavy atom. The zero-order valence-electron chi connectivity index (χ0n) is 13.9. The van der Waals surface area contributed by atoms with Crippen molar-refractivity contribution in [2.45, 2.75) is 13.0 Å². The van der Waals surface area contributed by atoms with Crippen molar-refractivity contribution in [1.29, 1.82) is 0 Å². The summed E-state index contributed by atoms with van der Waals surface area (Å²) in [5.41, 5.74) is 3.14. The van der Waals surface area contributed by atoms with E-state index in [1.165, 1.54) is 12.1 Å². The molecule has 1 fully saturated rings. The third-order valence-electron chi connectivity index (χ3n) is 4.41. The van der Waals surface area contributed by atoms with Gasteiger partial charge in [0, 0.05) is 18.9 Å². The second-order valence-electron chi connectivity index (χ2n) is 6.26. The highest BCUT2D eigenvalue weighted by Gasteiger charge is 2.27. The minimum absolute atomic E-state index is 0.114. The minimum atomic E-state index is -0.285. The van der Waals surface area contributed by atoms with Crippen LogP contribution >= 0.6 is 0 Å². The highest BCUT2D eigenvalue weighted by molar-refractivity contribution is 5.93. The molecular formula is C19H18FN3O2. The summed E-state index contributed by atoms with van der Waals surface area (Å²) in [7, 11) is 0. The standard InChI is InChI=1S/C19H18FN3O2/c1-13-2-7-18-21-16(11-23(18)10-13)19(24)22-8-9-25-17(12-22)14-3-5-15(20)6-4-14/h2-7,10-11,17H,8-9,12H2,1H3/t17-/m1/s1. The molecule has 0 unspecified atom stereocenters. The fraction of sp³-hybridized carbons (Fsp3) is 0.263. The maximum atomic E-state index is 13.1. The van der Waals surface area contributed by atoms with Gasteiger partial charge in [-0.3, -0.25) is 4.79 Å². The number of carbonyl (C=O) groups is 1. The van der Waals surface area contributed by atoms with Gasteiger partial charge in [-0.15, -0.1) is 0 Å². The zero-order valence-corrected chi connectivity index (χ0v) is 13.9. The van der Waals surface area contributed by atoms with Crippen LogP contribution in [0.25, 0.3) is 5.65 Å². The van der Waals surface area contributed by atoms with E-state index in [0.29, 0.717) is 25.4 Å². The fourth-order valence-electron chi connectivity index (χ4n) is 3.08. The number of amides is 1. The Morgan fingerprint density at radius 3 is 2.80 bits per heavy atom. The molecule has 1 saturated heterocycles. The van der Waals surface area contributed by atoms with Crippen molar-refractivity contribution in [2.75, 3.05) is 19.7 Å². The molecule has 1 aliphatic rings. The second-order valence-corrected chi connectivity index (χ2v) is 6.26. The summed E-state index contributed by atoms with van der Waals surface area (Å²) in [5, 5.41) is 0. The first-order valence-electron chi connectivity index (χ1n) is 8.22. The van der Waals surface area contributed by atoms with Crippen LogP contribution in [0.4, 0.5) is 4.39 Å². The third kappa shape index (κ3) is 3.13. The number of fused-ring (bicyclic) bond motifs is 1. The lowest BCUT2D eigenvalue weighted by molar-refractivity contribution is -0.0230. The van der Waals surface area contributed by atoms with Gasteiger partial charge in [-0.25, -0.2) is 9.37 Å². The monoisotopic (exact) mass is 339 g/mol. The molecule has 1 aliphatic heterocycles. The van der Waals surface area contributed by atoms with Gasteiger partial charge < -0.3 is 14.0 Å². The molecule has 0 N–H and O–H groups in total. The van der Waals surface area contributed by atoms with Gasteiger partial charge in [-0.1, -0.05) is 18.2 Å². The molecule has 0 bridgehead atoms. The van der Waals surface area contributed by atoms with E-state index in [4.69, 9.17) is 4.74 Å². The number of pyridine rings is 1. The summed E-state index contributed by atoms with van der Waals surface area (Å²) >= 11 is 0. The average Bonchev–Trinajstić information content (AvgIpc) is 3.05. The van der Waals surface area contributed by atoms with Crippen LogP contribution in [0.15, 0.2) is 48.8 Å². The lowest BCUT2D eigenvalue weighted by atomic mass is 10.1. The molecule has 4 rings (SSSR count). The predicted octanol–water partition coefficient (Wildman–Crippen LogP) is 3.00. The van der Waals surface area contributed by atoms with Gasteiger partial charge in [0.15, 0.2) is 0 Å². The van der Waals surface area contributed by atoms with Crippen LogP contribution in [0, 0.1) is 12.7 Å². The number of rotatable bonds is 2. The first-order valence-corrected chi connectivity index (χ1v) is 8.22. The summed E-state index contributed by atoms with van der Waals surface area (Å²) in [6, 6.07) is 10.1. The number of ether oxygens (including phenoxy) is 1. The highest BCUT2D eigenvalue weighted by atomic mass is 19.1. The summed E-state index contributed by atoms with van der Waals surface area (Å²) in [5.74, 6) is -0.399. The van der Waals surface area contributed by atoms with Crippen LogP contribution in [0.1, 0.15) is 27.7 Å². The molecule has 3 aromatic rings. The molecule has 3 heterocycles. The van der Waals surface area contributed by atoms with E-state index >= 15 is 0 Å². The number of hydrogen-bond donors (Lipinski definition) is 0. The summed E-state index contributed by atoms with van der Waals surface area (Å²) in [4.78, 5) is 19.0. The van der Waals surface area contributed by atoms with Crippen LogP contribution < -0.4 is 0 Å². The SMILES string of the molecule is Cc1ccc2nc(C(=O)N3CCO[C@@H](c4ccc(F)cc4)C3)cn2c1. The van der Waals surface area contributed by atoms with Crippen molar-refractivity contribution in [3.05, 3.63) is 71.4 Å². The molecule has 0 spiro atoms. The van der Waals surface area contributed by atoms with E-state index in [9.17, 15) is 9.18 Å². The molecule has 6 heteroatoms. The molecular weight excluding hydrogens is 321 g/mol. The molecule has 1 amide bonds. The van der Waals surface area contributed by atoms with Gasteiger partial charge in [-0.2, -0.15) is 0 Å². The highest BCUT2D eigenvalue weighted by Crippen LogP contribution is 2.23. The van der Waals surface area contributed by atoms with Gasteiger partial charge >= 0.3 is 0 Å². The maximum absolute atomic E-state index is 13.1. The number of carbonyl (C=O) groups excluding carboxylic acids is 1. The first kappa shape index (κ1) is 15.8. The van der Waals surface area contributed by atoms with Crippen LogP contribution in [0.5, 0.6) is 0 Å². The number of aromatic nitrogens is 2. The maximum Gasteiger partial charge on any atom is 0.274 e. The van der Waals surface area contributed by atoms with Gasteiger partial charge in [0.2, 0.25) is 0 Å². The number of imidazole rings is 1. The van der Waals surface area contributed by atoms with Crippen molar-refractivity contribution in [3.63, 3.8) is 0 Å². The molecule has 1 aromatic carbocycles. The normalized spacial score (nSPS) is 17.8. The fourth-order valence-corrected chi connectivity index (χ4v) is 3.08. The average molecular weight is 339 g/mol. The number of morpholine rings is 1. The number of benzene rings is 1. The molecule has 2 aromatic heterocycles. The summed E-state index contributed by atoms with van der Waals surface area (Å²) < 4.78 is 20.7. The molecule has 0 radical (unpaired) electrons. The van der Waals surface area contributed by atoms with Crippen molar-refractivity contribution in [2.24, 2.45) is 0 Å². The predicted molar refractivity (Wildman–Crippen MR) is 90.9 cm³/mol. The number of nitrogens with zero attached hydrogens (tertiary/aromatic N) is 3. The van der Waals surface area contributed by atoms with Crippen LogP contribution in [0.2, 0.25) is 0 Å². The van der Waals surface area contributed by atoms with Gasteiger partial charge in [0.1, 0.15) is 23.3 Å². The van der Waals surface area contributed by atoms with E-state index in [1.54, 1.807) is 23.2 Å². The Kier molecular flexibility index (Phi) is 3.97. The Hall–Kier alpha value is -2.73. The molecule has 25 heavy (non-hydrogen) atoms. The Morgan fingerprint density at radius 1 is 1.20 bits per heavy atom. The third-order valence-corrected chi connectivity index (χ3v) is 4.41. The van der Waals surface area contributed by atoms with E-state index < -0.39 is 0 Å². The van der Waals surface area contributed by atoms with Crippen molar-refractivity contribution in [3.8, 4) is 0 Å². The first-order chi connectivity index (χ1) is 12.1. The van der Waals surface area contributed by atoms with E-state index in [2.05, 4.69) is 4.98 Å². The lowest BCUT2D eigenvalue weighted by Gasteiger charge is -2.32. The van der Waals surface area contributed by atoms with Crippen LogP contribution in [0.3, 0.4) is 0 Å². The molecule has 5 nitrogen and oxygen atoms in total. The summed E-state index contributed by atoms with van der Waals surface area (Å²) in [6.07, 6.45) is 3.45. The van der Waals surface area contributed by atoms with Crippen LogP contribution in [-0.4, -0.2) is 39.9 Å². The van der Waals surface area contributed by atoms with Crippen molar-refractivity contribution >= 4 is 11.6 Å². The number of hydrogen-bond acceptors (Lipinski definition) is 3. The molecule has 0 aliphatic carbocycles. The number of halogens is 1. The smallest absolute Gasteiger partial charge is 0.274 e. The van der Waals surface area contributed by atoms with E-state index in [0.717, 1.165) is 16.8 Å².